The molecule has 1 N–H and O–H groups in total. The molecule has 2 aromatic carbocycles. The lowest BCUT2D eigenvalue weighted by Gasteiger charge is -2.10. The zero-order valence-electron chi connectivity index (χ0n) is 14.6. The molecule has 0 aliphatic carbocycles. The Morgan fingerprint density at radius 3 is 2.48 bits per heavy atom. The van der Waals surface area contributed by atoms with Crippen LogP contribution in [0, 0.1) is 0 Å². The standard InChI is InChI=1S/C21H17N3O2S/c1-2-13-3-5-14(6-4-13)17-11-27-20-18(17)19(22-12-23-20)24-16-9-7-15(8-10-16)21(25)26/h3-12H,2H2,1H3,(H,25,26)(H,22,23,24)/p-1. The minimum atomic E-state index is -1.19. The second-order valence-corrected chi connectivity index (χ2v) is 6.95. The van der Waals surface area contributed by atoms with Crippen molar-refractivity contribution in [3.63, 3.8) is 0 Å². The summed E-state index contributed by atoms with van der Waals surface area (Å²) in [5.41, 5.74) is 4.37. The highest BCUT2D eigenvalue weighted by atomic mass is 32.1. The Hall–Kier alpha value is -3.25. The van der Waals surface area contributed by atoms with E-state index in [1.807, 2.05) is 0 Å². The number of carboxylic acids is 1. The van der Waals surface area contributed by atoms with Crippen LogP contribution >= 0.6 is 11.3 Å². The fraction of sp³-hybridized carbons (Fsp3) is 0.0952. The highest BCUT2D eigenvalue weighted by Crippen LogP contribution is 2.37. The molecular formula is C21H16N3O2S-. The molecule has 4 aromatic rings. The number of nitrogens with zero attached hydrogens (tertiary/aromatic N) is 2. The molecule has 0 saturated carbocycles. The second-order valence-electron chi connectivity index (χ2n) is 6.09. The molecule has 2 aromatic heterocycles. The van der Waals surface area contributed by atoms with Gasteiger partial charge in [-0.05, 0) is 35.2 Å². The summed E-state index contributed by atoms with van der Waals surface area (Å²) in [6, 6.07) is 14.9. The number of fused-ring (bicyclic) bond motifs is 1. The maximum absolute atomic E-state index is 10.9. The average molecular weight is 374 g/mol. The number of hydrogen-bond acceptors (Lipinski definition) is 6. The molecule has 0 atom stereocenters. The highest BCUT2D eigenvalue weighted by Gasteiger charge is 2.13. The Bertz CT molecular complexity index is 1100. The quantitative estimate of drug-likeness (QED) is 0.571. The average Bonchev–Trinajstić information content (AvgIpc) is 3.14. The number of hydrogen-bond donors (Lipinski definition) is 1. The molecule has 0 unspecified atom stereocenters. The van der Waals surface area contributed by atoms with Crippen LogP contribution in [0.25, 0.3) is 21.3 Å². The summed E-state index contributed by atoms with van der Waals surface area (Å²) in [6.07, 6.45) is 2.53. The van der Waals surface area contributed by atoms with E-state index >= 15 is 0 Å². The minimum Gasteiger partial charge on any atom is -0.545 e. The van der Waals surface area contributed by atoms with Crippen LogP contribution in [-0.4, -0.2) is 15.9 Å². The van der Waals surface area contributed by atoms with Gasteiger partial charge in [0.05, 0.1) is 11.4 Å². The van der Waals surface area contributed by atoms with Crippen molar-refractivity contribution in [2.75, 3.05) is 5.32 Å². The van der Waals surface area contributed by atoms with E-state index in [-0.39, 0.29) is 5.56 Å². The minimum absolute atomic E-state index is 0.139. The van der Waals surface area contributed by atoms with Gasteiger partial charge < -0.3 is 15.2 Å². The zero-order chi connectivity index (χ0) is 18.8. The highest BCUT2D eigenvalue weighted by molar-refractivity contribution is 7.17. The first-order chi connectivity index (χ1) is 13.2. The van der Waals surface area contributed by atoms with Gasteiger partial charge in [0.2, 0.25) is 0 Å². The van der Waals surface area contributed by atoms with Crippen molar-refractivity contribution in [3.8, 4) is 11.1 Å². The number of aromatic carboxylic acids is 1. The van der Waals surface area contributed by atoms with Crippen LogP contribution in [0.4, 0.5) is 11.5 Å². The summed E-state index contributed by atoms with van der Waals surface area (Å²) in [5.74, 6) is -0.501. The summed E-state index contributed by atoms with van der Waals surface area (Å²) in [4.78, 5) is 20.6. The maximum atomic E-state index is 10.9. The van der Waals surface area contributed by atoms with E-state index in [4.69, 9.17) is 0 Å². The van der Waals surface area contributed by atoms with E-state index < -0.39 is 5.97 Å². The van der Waals surface area contributed by atoms with Gasteiger partial charge in [-0.25, -0.2) is 9.97 Å². The van der Waals surface area contributed by atoms with Gasteiger partial charge in [-0.3, -0.25) is 0 Å². The Labute approximate surface area is 160 Å². The van der Waals surface area contributed by atoms with Crippen LogP contribution in [0.5, 0.6) is 0 Å². The zero-order valence-corrected chi connectivity index (χ0v) is 15.4. The number of aromatic nitrogens is 2. The topological polar surface area (TPSA) is 77.9 Å². The molecule has 0 aliphatic heterocycles. The van der Waals surface area contributed by atoms with Crippen molar-refractivity contribution in [2.24, 2.45) is 0 Å². The number of nitrogens with one attached hydrogen (secondary N) is 1. The van der Waals surface area contributed by atoms with Crippen molar-refractivity contribution in [1.29, 1.82) is 0 Å². The van der Waals surface area contributed by atoms with Crippen molar-refractivity contribution >= 4 is 39.0 Å². The van der Waals surface area contributed by atoms with Crippen molar-refractivity contribution in [1.82, 2.24) is 9.97 Å². The van der Waals surface area contributed by atoms with Crippen molar-refractivity contribution in [3.05, 3.63) is 71.4 Å². The number of aryl methyl sites for hydroxylation is 1. The maximum Gasteiger partial charge on any atom is 0.143 e. The predicted molar refractivity (Wildman–Crippen MR) is 106 cm³/mol. The lowest BCUT2D eigenvalue weighted by atomic mass is 10.0. The van der Waals surface area contributed by atoms with E-state index in [9.17, 15) is 9.90 Å². The molecular weight excluding hydrogens is 358 g/mol. The van der Waals surface area contributed by atoms with Crippen LogP contribution in [0.2, 0.25) is 0 Å². The first-order valence-corrected chi connectivity index (χ1v) is 9.43. The van der Waals surface area contributed by atoms with Gasteiger partial charge in [-0.15, -0.1) is 11.3 Å². The molecule has 27 heavy (non-hydrogen) atoms. The third kappa shape index (κ3) is 3.39. The molecule has 0 spiro atoms. The Morgan fingerprint density at radius 1 is 1.07 bits per heavy atom. The van der Waals surface area contributed by atoms with E-state index in [1.165, 1.54) is 24.0 Å². The monoisotopic (exact) mass is 374 g/mol. The molecule has 0 fully saturated rings. The van der Waals surface area contributed by atoms with Gasteiger partial charge in [-0.1, -0.05) is 43.3 Å². The second kappa shape index (κ2) is 7.17. The molecule has 5 nitrogen and oxygen atoms in total. The van der Waals surface area contributed by atoms with Crippen LogP contribution < -0.4 is 10.4 Å². The van der Waals surface area contributed by atoms with Gasteiger partial charge in [0.25, 0.3) is 0 Å². The first kappa shape index (κ1) is 17.2. The third-order valence-electron chi connectivity index (χ3n) is 4.43. The fourth-order valence-electron chi connectivity index (χ4n) is 2.93. The Kier molecular flexibility index (Phi) is 4.56. The van der Waals surface area contributed by atoms with Gasteiger partial charge in [0, 0.05) is 16.6 Å². The van der Waals surface area contributed by atoms with Crippen molar-refractivity contribution < 1.29 is 9.90 Å². The molecule has 0 bridgehead atoms. The van der Waals surface area contributed by atoms with Gasteiger partial charge >= 0.3 is 0 Å². The summed E-state index contributed by atoms with van der Waals surface area (Å²) < 4.78 is 0. The predicted octanol–water partition coefficient (Wildman–Crippen LogP) is 4.03. The van der Waals surface area contributed by atoms with Crippen LogP contribution in [0.1, 0.15) is 22.8 Å². The number of carboxylic acid groups (broad SMARTS) is 1. The Balaban J connectivity index is 1.74. The summed E-state index contributed by atoms with van der Waals surface area (Å²) in [6.45, 7) is 2.14. The number of rotatable bonds is 5. The number of thiophene rings is 1. The third-order valence-corrected chi connectivity index (χ3v) is 5.31. The fourth-order valence-corrected chi connectivity index (χ4v) is 3.84. The number of carbonyl (C=O) groups is 1. The lowest BCUT2D eigenvalue weighted by molar-refractivity contribution is -0.255. The number of anilines is 2. The number of benzene rings is 2. The lowest BCUT2D eigenvalue weighted by Crippen LogP contribution is -2.21. The number of carbonyl (C=O) groups excluding carboxylic acids is 1. The molecule has 0 saturated heterocycles. The SMILES string of the molecule is CCc1ccc(-c2csc3ncnc(Nc4ccc(C(=O)[O-])cc4)c23)cc1. The molecule has 6 heteroatoms. The van der Waals surface area contributed by atoms with E-state index in [1.54, 1.807) is 23.5 Å². The molecule has 2 heterocycles. The van der Waals surface area contributed by atoms with Crippen LogP contribution in [-0.2, 0) is 6.42 Å². The van der Waals surface area contributed by atoms with Crippen LogP contribution in [0.15, 0.2) is 60.2 Å². The smallest absolute Gasteiger partial charge is 0.143 e. The van der Waals surface area contributed by atoms with E-state index in [0.29, 0.717) is 5.82 Å². The van der Waals surface area contributed by atoms with E-state index in [0.717, 1.165) is 33.5 Å². The summed E-state index contributed by atoms with van der Waals surface area (Å²) >= 11 is 1.57. The normalized spacial score (nSPS) is 10.9. The first-order valence-electron chi connectivity index (χ1n) is 8.55. The molecule has 134 valence electrons. The van der Waals surface area contributed by atoms with E-state index in [2.05, 4.69) is 51.9 Å². The van der Waals surface area contributed by atoms with Gasteiger partial charge in [-0.2, -0.15) is 0 Å². The molecule has 0 radical (unpaired) electrons. The van der Waals surface area contributed by atoms with Crippen LogP contribution in [0.3, 0.4) is 0 Å². The molecule has 0 amide bonds. The van der Waals surface area contributed by atoms with Crippen molar-refractivity contribution in [2.45, 2.75) is 13.3 Å². The summed E-state index contributed by atoms with van der Waals surface area (Å²) in [5, 5.41) is 17.2. The molecule has 4 rings (SSSR count). The largest absolute Gasteiger partial charge is 0.545 e. The Morgan fingerprint density at radius 2 is 1.81 bits per heavy atom. The van der Waals surface area contributed by atoms with Gasteiger partial charge in [0.1, 0.15) is 17.0 Å². The molecule has 0 aliphatic rings. The van der Waals surface area contributed by atoms with Gasteiger partial charge in [0.15, 0.2) is 0 Å². The summed E-state index contributed by atoms with van der Waals surface area (Å²) in [7, 11) is 0.